The first-order chi connectivity index (χ1) is 7.15. The quantitative estimate of drug-likeness (QED) is 0.830. The molecular formula is C12H18ClF2N. The van der Waals surface area contributed by atoms with Crippen LogP contribution in [0.5, 0.6) is 0 Å². The Balaban J connectivity index is 0.00000225. The lowest BCUT2D eigenvalue weighted by atomic mass is 10.0. The van der Waals surface area contributed by atoms with Crippen LogP contribution in [0.25, 0.3) is 0 Å². The van der Waals surface area contributed by atoms with Gasteiger partial charge in [0.05, 0.1) is 0 Å². The summed E-state index contributed by atoms with van der Waals surface area (Å²) in [6.45, 7) is 2.10. The van der Waals surface area contributed by atoms with Crippen molar-refractivity contribution in [3.05, 3.63) is 35.4 Å². The molecule has 0 fully saturated rings. The van der Waals surface area contributed by atoms with Gasteiger partial charge in [0.2, 0.25) is 0 Å². The van der Waals surface area contributed by atoms with Gasteiger partial charge < -0.3 is 5.73 Å². The summed E-state index contributed by atoms with van der Waals surface area (Å²) >= 11 is 0. The van der Waals surface area contributed by atoms with E-state index >= 15 is 0 Å². The molecule has 0 aliphatic heterocycles. The molecule has 1 aromatic carbocycles. The Hall–Kier alpha value is -0.670. The number of benzene rings is 1. The van der Waals surface area contributed by atoms with Crippen molar-refractivity contribution in [2.24, 2.45) is 5.73 Å². The number of hydrogen-bond donors (Lipinski definition) is 1. The van der Waals surface area contributed by atoms with Gasteiger partial charge in [0.1, 0.15) is 0 Å². The average molecular weight is 250 g/mol. The van der Waals surface area contributed by atoms with Crippen molar-refractivity contribution in [1.82, 2.24) is 0 Å². The van der Waals surface area contributed by atoms with Gasteiger partial charge in [-0.25, -0.2) is 8.78 Å². The van der Waals surface area contributed by atoms with Gasteiger partial charge in [-0.05, 0) is 12.0 Å². The smallest absolute Gasteiger partial charge is 0.263 e. The molecule has 0 aliphatic carbocycles. The van der Waals surface area contributed by atoms with Crippen molar-refractivity contribution in [1.29, 1.82) is 0 Å². The predicted octanol–water partition coefficient (Wildman–Crippen LogP) is 4.24. The number of rotatable bonds is 5. The van der Waals surface area contributed by atoms with Gasteiger partial charge in [0.15, 0.2) is 0 Å². The maximum Gasteiger partial charge on any atom is 0.263 e. The third kappa shape index (κ3) is 4.45. The molecule has 4 heteroatoms. The molecule has 1 atom stereocenters. The minimum absolute atomic E-state index is 0. The van der Waals surface area contributed by atoms with E-state index in [1.54, 1.807) is 12.1 Å². The molecule has 0 bridgehead atoms. The first-order valence-electron chi connectivity index (χ1n) is 5.28. The average Bonchev–Trinajstić information content (AvgIpc) is 2.26. The summed E-state index contributed by atoms with van der Waals surface area (Å²) < 4.78 is 24.5. The van der Waals surface area contributed by atoms with Crippen LogP contribution in [0, 0.1) is 0 Å². The fraction of sp³-hybridized carbons (Fsp3) is 0.500. The standard InChI is InChI=1S/C12H17F2N.ClH/c1-2-3-4-11(15)9-5-7-10(8-6-9)12(13)14;/h5-8,11-12H,2-4,15H2,1H3;1H. The molecule has 1 nitrogen and oxygen atoms in total. The Morgan fingerprint density at radius 2 is 1.62 bits per heavy atom. The van der Waals surface area contributed by atoms with Crippen molar-refractivity contribution in [2.45, 2.75) is 38.7 Å². The summed E-state index contributed by atoms with van der Waals surface area (Å²) in [6.07, 6.45) is 0.677. The number of hydrogen-bond acceptors (Lipinski definition) is 1. The van der Waals surface area contributed by atoms with Crippen LogP contribution in [0.3, 0.4) is 0 Å². The molecule has 1 aromatic rings. The summed E-state index contributed by atoms with van der Waals surface area (Å²) in [5.74, 6) is 0. The summed E-state index contributed by atoms with van der Waals surface area (Å²) in [6, 6.07) is 6.26. The van der Waals surface area contributed by atoms with Crippen molar-refractivity contribution >= 4 is 12.4 Å². The molecule has 0 aliphatic rings. The van der Waals surface area contributed by atoms with E-state index in [1.165, 1.54) is 12.1 Å². The lowest BCUT2D eigenvalue weighted by molar-refractivity contribution is 0.151. The minimum atomic E-state index is -2.40. The van der Waals surface area contributed by atoms with Crippen molar-refractivity contribution in [2.75, 3.05) is 0 Å². The van der Waals surface area contributed by atoms with E-state index in [0.29, 0.717) is 0 Å². The van der Waals surface area contributed by atoms with E-state index in [0.717, 1.165) is 24.8 Å². The number of nitrogens with two attached hydrogens (primary N) is 1. The minimum Gasteiger partial charge on any atom is -0.324 e. The molecule has 2 N–H and O–H groups in total. The molecule has 1 rings (SSSR count). The Labute approximate surface area is 101 Å². The van der Waals surface area contributed by atoms with Crippen molar-refractivity contribution in [3.63, 3.8) is 0 Å². The van der Waals surface area contributed by atoms with Crippen LogP contribution in [0.15, 0.2) is 24.3 Å². The monoisotopic (exact) mass is 249 g/mol. The fourth-order valence-electron chi connectivity index (χ4n) is 1.48. The highest BCUT2D eigenvalue weighted by molar-refractivity contribution is 5.85. The van der Waals surface area contributed by atoms with E-state index in [4.69, 9.17) is 5.73 Å². The molecule has 0 radical (unpaired) electrons. The molecule has 92 valence electrons. The van der Waals surface area contributed by atoms with Crippen LogP contribution in [0.1, 0.15) is 49.8 Å². The van der Waals surface area contributed by atoms with Gasteiger partial charge in [-0.1, -0.05) is 44.0 Å². The zero-order valence-electron chi connectivity index (χ0n) is 9.33. The van der Waals surface area contributed by atoms with Crippen LogP contribution in [-0.2, 0) is 0 Å². The highest BCUT2D eigenvalue weighted by Crippen LogP contribution is 2.22. The second-order valence-corrected chi connectivity index (χ2v) is 3.72. The lowest BCUT2D eigenvalue weighted by Gasteiger charge is -2.11. The van der Waals surface area contributed by atoms with Crippen LogP contribution in [0.2, 0.25) is 0 Å². The van der Waals surface area contributed by atoms with E-state index in [-0.39, 0.29) is 24.0 Å². The first-order valence-corrected chi connectivity index (χ1v) is 5.28. The SMILES string of the molecule is CCCCC(N)c1ccc(C(F)F)cc1.Cl. The van der Waals surface area contributed by atoms with Gasteiger partial charge in [-0.3, -0.25) is 0 Å². The zero-order valence-corrected chi connectivity index (χ0v) is 10.1. The maximum absolute atomic E-state index is 12.3. The van der Waals surface area contributed by atoms with Gasteiger partial charge >= 0.3 is 0 Å². The highest BCUT2D eigenvalue weighted by atomic mass is 35.5. The molecule has 0 saturated heterocycles. The molecule has 16 heavy (non-hydrogen) atoms. The third-order valence-corrected chi connectivity index (χ3v) is 2.49. The second kappa shape index (κ2) is 7.58. The predicted molar refractivity (Wildman–Crippen MR) is 65.1 cm³/mol. The maximum atomic E-state index is 12.3. The number of halogens is 3. The van der Waals surface area contributed by atoms with Crippen LogP contribution >= 0.6 is 12.4 Å². The second-order valence-electron chi connectivity index (χ2n) is 3.72. The van der Waals surface area contributed by atoms with Gasteiger partial charge in [0, 0.05) is 11.6 Å². The normalized spacial score (nSPS) is 12.3. The van der Waals surface area contributed by atoms with Crippen LogP contribution in [0.4, 0.5) is 8.78 Å². The van der Waals surface area contributed by atoms with Gasteiger partial charge in [-0.2, -0.15) is 0 Å². The largest absolute Gasteiger partial charge is 0.324 e. The summed E-state index contributed by atoms with van der Waals surface area (Å²) in [7, 11) is 0. The fourth-order valence-corrected chi connectivity index (χ4v) is 1.48. The van der Waals surface area contributed by atoms with E-state index < -0.39 is 6.43 Å². The Kier molecular flexibility index (Phi) is 7.26. The van der Waals surface area contributed by atoms with E-state index in [1.807, 2.05) is 0 Å². The topological polar surface area (TPSA) is 26.0 Å². The van der Waals surface area contributed by atoms with Gasteiger partial charge in [-0.15, -0.1) is 12.4 Å². The number of unbranched alkanes of at least 4 members (excludes halogenated alkanes) is 1. The first kappa shape index (κ1) is 15.3. The summed E-state index contributed by atoms with van der Waals surface area (Å²) in [5.41, 5.74) is 6.91. The van der Waals surface area contributed by atoms with E-state index in [9.17, 15) is 8.78 Å². The summed E-state index contributed by atoms with van der Waals surface area (Å²) in [4.78, 5) is 0. The number of alkyl halides is 2. The molecule has 0 saturated carbocycles. The van der Waals surface area contributed by atoms with Crippen LogP contribution in [-0.4, -0.2) is 0 Å². The molecule has 1 unspecified atom stereocenters. The Morgan fingerprint density at radius 3 is 2.06 bits per heavy atom. The zero-order chi connectivity index (χ0) is 11.3. The highest BCUT2D eigenvalue weighted by Gasteiger charge is 2.08. The third-order valence-electron chi connectivity index (χ3n) is 2.49. The van der Waals surface area contributed by atoms with Crippen molar-refractivity contribution in [3.8, 4) is 0 Å². The van der Waals surface area contributed by atoms with Crippen molar-refractivity contribution < 1.29 is 8.78 Å². The molecule has 0 spiro atoms. The Morgan fingerprint density at radius 1 is 1.12 bits per heavy atom. The van der Waals surface area contributed by atoms with E-state index in [2.05, 4.69) is 6.92 Å². The Bertz CT molecular complexity index is 288. The van der Waals surface area contributed by atoms with Gasteiger partial charge in [0.25, 0.3) is 6.43 Å². The lowest BCUT2D eigenvalue weighted by Crippen LogP contribution is -2.09. The molecule has 0 amide bonds. The molecule has 0 aromatic heterocycles. The molecular weight excluding hydrogens is 232 g/mol. The molecule has 0 heterocycles. The summed E-state index contributed by atoms with van der Waals surface area (Å²) in [5, 5.41) is 0. The van der Waals surface area contributed by atoms with Crippen LogP contribution < -0.4 is 5.73 Å².